The van der Waals surface area contributed by atoms with E-state index < -0.39 is 28.3 Å². The van der Waals surface area contributed by atoms with Crippen molar-refractivity contribution >= 4 is 33.1 Å². The Morgan fingerprint density at radius 1 is 1.24 bits per heavy atom. The summed E-state index contributed by atoms with van der Waals surface area (Å²) in [4.78, 5) is 31.9. The lowest BCUT2D eigenvalue weighted by Crippen LogP contribution is -2.36. The number of nitrogens with zero attached hydrogens (tertiary/aromatic N) is 3. The molecule has 2 aromatic heterocycles. The van der Waals surface area contributed by atoms with Crippen molar-refractivity contribution in [2.45, 2.75) is 39.2 Å². The van der Waals surface area contributed by atoms with Crippen LogP contribution in [0.5, 0.6) is 0 Å². The summed E-state index contributed by atoms with van der Waals surface area (Å²) >= 11 is 0. The second-order valence-electron chi connectivity index (χ2n) is 8.69. The molecule has 178 valence electrons. The van der Waals surface area contributed by atoms with Crippen molar-refractivity contribution in [3.8, 4) is 0 Å². The molecule has 0 aromatic carbocycles. The first-order chi connectivity index (χ1) is 15.8. The van der Waals surface area contributed by atoms with Crippen LogP contribution in [0.4, 0.5) is 17.2 Å². The number of pyridine rings is 2. The van der Waals surface area contributed by atoms with Gasteiger partial charge in [0.15, 0.2) is 0 Å². The third kappa shape index (κ3) is 5.19. The first-order valence-corrected chi connectivity index (χ1v) is 12.8. The third-order valence-corrected chi connectivity index (χ3v) is 7.72. The molecule has 0 radical (unpaired) electrons. The number of carbonyl (C=O) groups excluding carboxylic acids is 1. The summed E-state index contributed by atoms with van der Waals surface area (Å²) in [5.41, 5.74) is 1.11. The van der Waals surface area contributed by atoms with Crippen LogP contribution in [0, 0.1) is 5.41 Å². The summed E-state index contributed by atoms with van der Waals surface area (Å²) in [6.45, 7) is 3.31. The van der Waals surface area contributed by atoms with Gasteiger partial charge in [-0.2, -0.15) is 0 Å². The Kier molecular flexibility index (Phi) is 6.44. The number of amides is 1. The molecule has 1 spiro atoms. The van der Waals surface area contributed by atoms with Crippen molar-refractivity contribution in [2.24, 2.45) is 5.41 Å². The largest absolute Gasteiger partial charge is 0.395 e. The molecule has 11 heteroatoms. The van der Waals surface area contributed by atoms with Crippen LogP contribution in [0.25, 0.3) is 0 Å². The monoisotopic (exact) mass is 475 g/mol. The quantitative estimate of drug-likeness (QED) is 0.528. The topological polar surface area (TPSA) is 134 Å². The minimum Gasteiger partial charge on any atom is -0.395 e. The highest BCUT2D eigenvalue weighted by molar-refractivity contribution is 7.92. The van der Waals surface area contributed by atoms with Crippen molar-refractivity contribution in [1.29, 1.82) is 0 Å². The molecule has 2 fully saturated rings. The number of aliphatic hydroxyl groups is 1. The summed E-state index contributed by atoms with van der Waals surface area (Å²) in [5, 5.41) is 11.7. The zero-order valence-corrected chi connectivity index (χ0v) is 19.4. The van der Waals surface area contributed by atoms with E-state index in [0.717, 1.165) is 25.9 Å². The number of rotatable bonds is 8. The molecule has 1 saturated carbocycles. The summed E-state index contributed by atoms with van der Waals surface area (Å²) in [5.74, 6) is -0.856. The Morgan fingerprint density at radius 2 is 1.97 bits per heavy atom. The SMILES string of the molecule is CCn1cccc(NC(=O)c2cnc(NS(=O)(=O)CCO)cc2N2CCC3(CC2)CC3)c1=O. The van der Waals surface area contributed by atoms with E-state index in [0.29, 0.717) is 17.6 Å². The molecule has 0 bridgehead atoms. The smallest absolute Gasteiger partial charge is 0.274 e. The Labute approximate surface area is 192 Å². The average Bonchev–Trinajstić information content (AvgIpc) is 3.54. The predicted molar refractivity (Wildman–Crippen MR) is 126 cm³/mol. The first kappa shape index (κ1) is 23.2. The normalized spacial score (nSPS) is 17.1. The van der Waals surface area contributed by atoms with Crippen LogP contribution < -0.4 is 20.5 Å². The number of aromatic nitrogens is 2. The molecule has 1 amide bonds. The van der Waals surface area contributed by atoms with E-state index in [9.17, 15) is 18.0 Å². The van der Waals surface area contributed by atoms with Crippen LogP contribution in [-0.2, 0) is 16.6 Å². The van der Waals surface area contributed by atoms with Gasteiger partial charge in [-0.25, -0.2) is 13.4 Å². The fraction of sp³-hybridized carbons (Fsp3) is 0.500. The number of piperidine rings is 1. The van der Waals surface area contributed by atoms with Gasteiger partial charge in [0.2, 0.25) is 10.0 Å². The molecule has 2 aromatic rings. The van der Waals surface area contributed by atoms with Crippen LogP contribution in [0.1, 0.15) is 43.0 Å². The lowest BCUT2D eigenvalue weighted by molar-refractivity contribution is 0.102. The van der Waals surface area contributed by atoms with Gasteiger partial charge >= 0.3 is 0 Å². The number of hydrogen-bond acceptors (Lipinski definition) is 7. The number of hydrogen-bond donors (Lipinski definition) is 3. The number of aliphatic hydroxyl groups excluding tert-OH is 1. The fourth-order valence-electron chi connectivity index (χ4n) is 4.24. The molecule has 4 rings (SSSR count). The third-order valence-electron chi connectivity index (χ3n) is 6.48. The maximum atomic E-state index is 13.2. The molecule has 1 aliphatic carbocycles. The van der Waals surface area contributed by atoms with Crippen LogP contribution in [0.15, 0.2) is 35.4 Å². The zero-order valence-electron chi connectivity index (χ0n) is 18.6. The maximum absolute atomic E-state index is 13.2. The van der Waals surface area contributed by atoms with Crippen molar-refractivity contribution < 1.29 is 18.3 Å². The lowest BCUT2D eigenvalue weighted by atomic mass is 9.93. The summed E-state index contributed by atoms with van der Waals surface area (Å²) in [7, 11) is -3.76. The molecule has 33 heavy (non-hydrogen) atoms. The molecule has 0 unspecified atom stereocenters. The Balaban J connectivity index is 1.64. The highest BCUT2D eigenvalue weighted by atomic mass is 32.2. The van der Waals surface area contributed by atoms with Gasteiger partial charge in [-0.15, -0.1) is 0 Å². The van der Waals surface area contributed by atoms with Crippen LogP contribution in [0.2, 0.25) is 0 Å². The molecule has 3 heterocycles. The standard InChI is InChI=1S/C22H29N5O5S/c1-2-26-9-3-4-17(21(26)30)24-20(29)16-15-23-19(25-33(31,32)13-12-28)14-18(16)27-10-7-22(5-6-22)8-11-27/h3-4,9,14-15,28H,2,5-8,10-13H2,1H3,(H,23,25)(H,24,29). The Morgan fingerprint density at radius 3 is 2.61 bits per heavy atom. The molecular weight excluding hydrogens is 446 g/mol. The van der Waals surface area contributed by atoms with Crippen molar-refractivity contribution in [3.05, 3.63) is 46.5 Å². The van der Waals surface area contributed by atoms with E-state index in [4.69, 9.17) is 5.11 Å². The summed E-state index contributed by atoms with van der Waals surface area (Å²) < 4.78 is 28.0. The minimum absolute atomic E-state index is 0.0785. The summed E-state index contributed by atoms with van der Waals surface area (Å²) in [6.07, 6.45) is 7.47. The van der Waals surface area contributed by atoms with E-state index in [1.165, 1.54) is 23.6 Å². The van der Waals surface area contributed by atoms with Gasteiger partial charge in [0.1, 0.15) is 11.5 Å². The molecular formula is C22H29N5O5S. The van der Waals surface area contributed by atoms with E-state index in [1.807, 2.05) is 6.92 Å². The highest BCUT2D eigenvalue weighted by Gasteiger charge is 2.44. The highest BCUT2D eigenvalue weighted by Crippen LogP contribution is 2.54. The molecule has 2 aliphatic rings. The second-order valence-corrected chi connectivity index (χ2v) is 10.5. The first-order valence-electron chi connectivity index (χ1n) is 11.1. The summed E-state index contributed by atoms with van der Waals surface area (Å²) in [6, 6.07) is 4.79. The minimum atomic E-state index is -3.76. The number of carbonyl (C=O) groups is 1. The van der Waals surface area contributed by atoms with Crippen molar-refractivity contribution in [2.75, 3.05) is 40.4 Å². The van der Waals surface area contributed by atoms with Gasteiger partial charge in [-0.3, -0.25) is 14.3 Å². The fourth-order valence-corrected chi connectivity index (χ4v) is 5.01. The van der Waals surface area contributed by atoms with Gasteiger partial charge in [0, 0.05) is 38.1 Å². The lowest BCUT2D eigenvalue weighted by Gasteiger charge is -2.35. The van der Waals surface area contributed by atoms with E-state index >= 15 is 0 Å². The zero-order chi connectivity index (χ0) is 23.6. The Hall–Kier alpha value is -2.92. The molecule has 1 aliphatic heterocycles. The number of sulfonamides is 1. The van der Waals surface area contributed by atoms with Gasteiger partial charge < -0.3 is 19.9 Å². The van der Waals surface area contributed by atoms with E-state index in [-0.39, 0.29) is 22.6 Å². The molecule has 1 saturated heterocycles. The van der Waals surface area contributed by atoms with E-state index in [2.05, 4.69) is 19.9 Å². The van der Waals surface area contributed by atoms with Gasteiger partial charge in [-0.05, 0) is 50.2 Å². The van der Waals surface area contributed by atoms with Gasteiger partial charge in [0.05, 0.1) is 23.6 Å². The average molecular weight is 476 g/mol. The number of aryl methyl sites for hydroxylation is 1. The van der Waals surface area contributed by atoms with Crippen molar-refractivity contribution in [1.82, 2.24) is 9.55 Å². The predicted octanol–water partition coefficient (Wildman–Crippen LogP) is 1.63. The second kappa shape index (κ2) is 9.14. The molecule has 10 nitrogen and oxygen atoms in total. The van der Waals surface area contributed by atoms with Gasteiger partial charge in [-0.1, -0.05) is 0 Å². The number of nitrogens with one attached hydrogen (secondary N) is 2. The van der Waals surface area contributed by atoms with Crippen LogP contribution in [-0.4, -0.2) is 54.4 Å². The Bertz CT molecular complexity index is 1200. The number of anilines is 3. The van der Waals surface area contributed by atoms with Crippen molar-refractivity contribution in [3.63, 3.8) is 0 Å². The van der Waals surface area contributed by atoms with E-state index in [1.54, 1.807) is 24.4 Å². The van der Waals surface area contributed by atoms with Crippen LogP contribution in [0.3, 0.4) is 0 Å². The van der Waals surface area contributed by atoms with Crippen LogP contribution >= 0.6 is 0 Å². The van der Waals surface area contributed by atoms with Gasteiger partial charge in [0.25, 0.3) is 11.5 Å². The molecule has 0 atom stereocenters. The molecule has 3 N–H and O–H groups in total. The maximum Gasteiger partial charge on any atom is 0.274 e.